The number of carbonyl (C=O) groups excluding carboxylic acids is 2. The minimum Gasteiger partial charge on any atom is -0.478 e. The van der Waals surface area contributed by atoms with E-state index in [1.165, 1.54) is 25.0 Å². The van der Waals surface area contributed by atoms with Gasteiger partial charge in [0.2, 0.25) is 0 Å². The van der Waals surface area contributed by atoms with Crippen molar-refractivity contribution in [3.05, 3.63) is 64.7 Å². The molecule has 7 nitrogen and oxygen atoms in total. The van der Waals surface area contributed by atoms with Crippen LogP contribution >= 0.6 is 0 Å². The van der Waals surface area contributed by atoms with E-state index in [1.807, 2.05) is 6.92 Å². The highest BCUT2D eigenvalue weighted by molar-refractivity contribution is 5.97. The molecule has 0 atom stereocenters. The number of anilines is 1. The third-order valence-corrected chi connectivity index (χ3v) is 4.65. The number of aromatic carboxylic acids is 1. The minimum atomic E-state index is -0.992. The fourth-order valence-electron chi connectivity index (χ4n) is 2.67. The minimum absolute atomic E-state index is 0.145. The van der Waals surface area contributed by atoms with Crippen molar-refractivity contribution >= 4 is 23.6 Å². The van der Waals surface area contributed by atoms with Gasteiger partial charge in [-0.2, -0.15) is 0 Å². The van der Waals surface area contributed by atoms with E-state index in [9.17, 15) is 14.4 Å². The number of benzene rings is 2. The lowest BCUT2D eigenvalue weighted by molar-refractivity contribution is 0.0696. The molecule has 2 aromatic rings. The average molecular weight is 381 g/mol. The van der Waals surface area contributed by atoms with E-state index in [2.05, 4.69) is 16.0 Å². The first-order valence-corrected chi connectivity index (χ1v) is 9.18. The van der Waals surface area contributed by atoms with E-state index < -0.39 is 12.0 Å². The third-order valence-electron chi connectivity index (χ3n) is 4.65. The quantitative estimate of drug-likeness (QED) is 0.591. The van der Waals surface area contributed by atoms with Crippen molar-refractivity contribution in [2.45, 2.75) is 26.3 Å². The summed E-state index contributed by atoms with van der Waals surface area (Å²) in [4.78, 5) is 35.3. The molecule has 1 aliphatic rings. The molecule has 0 spiro atoms. The van der Waals surface area contributed by atoms with Gasteiger partial charge in [0.25, 0.3) is 5.91 Å². The molecule has 1 saturated carbocycles. The molecule has 3 rings (SSSR count). The summed E-state index contributed by atoms with van der Waals surface area (Å²) in [6.45, 7) is 2.80. The number of amides is 3. The van der Waals surface area contributed by atoms with Crippen LogP contribution < -0.4 is 16.0 Å². The zero-order valence-corrected chi connectivity index (χ0v) is 15.6. The Morgan fingerprint density at radius 2 is 1.68 bits per heavy atom. The van der Waals surface area contributed by atoms with Gasteiger partial charge in [-0.25, -0.2) is 9.59 Å². The molecule has 7 heteroatoms. The van der Waals surface area contributed by atoms with Crippen LogP contribution in [0.25, 0.3) is 0 Å². The van der Waals surface area contributed by atoms with Gasteiger partial charge in [0.1, 0.15) is 0 Å². The molecule has 1 aliphatic carbocycles. The summed E-state index contributed by atoms with van der Waals surface area (Å²) in [6.07, 6.45) is 2.33. The SMILES string of the molecule is Cc1ccc(C(=O)NCC2CC2)cc1NC(=O)NCc1ccc(C(=O)O)cc1. The number of carboxylic acids is 1. The van der Waals surface area contributed by atoms with Crippen LogP contribution in [0.5, 0.6) is 0 Å². The summed E-state index contributed by atoms with van der Waals surface area (Å²) < 4.78 is 0. The lowest BCUT2D eigenvalue weighted by atomic mass is 10.1. The van der Waals surface area contributed by atoms with Crippen LogP contribution in [-0.4, -0.2) is 29.6 Å². The molecular weight excluding hydrogens is 358 g/mol. The summed E-state index contributed by atoms with van der Waals surface area (Å²) >= 11 is 0. The maximum atomic E-state index is 12.2. The van der Waals surface area contributed by atoms with Crippen molar-refractivity contribution in [2.75, 3.05) is 11.9 Å². The van der Waals surface area contributed by atoms with E-state index in [4.69, 9.17) is 5.11 Å². The molecule has 1 fully saturated rings. The largest absolute Gasteiger partial charge is 0.478 e. The first kappa shape index (κ1) is 19.4. The smallest absolute Gasteiger partial charge is 0.335 e. The molecule has 28 heavy (non-hydrogen) atoms. The summed E-state index contributed by atoms with van der Waals surface area (Å²) in [6, 6.07) is 11.1. The molecule has 0 bridgehead atoms. The Hall–Kier alpha value is -3.35. The van der Waals surface area contributed by atoms with Gasteiger partial charge in [0.15, 0.2) is 0 Å². The molecule has 0 saturated heterocycles. The summed E-state index contributed by atoms with van der Waals surface area (Å²) in [5.41, 5.74) is 2.90. The maximum absolute atomic E-state index is 12.2. The Kier molecular flexibility index (Phi) is 5.93. The summed E-state index contributed by atoms with van der Waals surface area (Å²) in [7, 11) is 0. The van der Waals surface area contributed by atoms with Crippen LogP contribution in [0.2, 0.25) is 0 Å². The van der Waals surface area contributed by atoms with Crippen LogP contribution in [0, 0.1) is 12.8 Å². The van der Waals surface area contributed by atoms with Crippen molar-refractivity contribution in [3.8, 4) is 0 Å². The van der Waals surface area contributed by atoms with Crippen LogP contribution in [0.15, 0.2) is 42.5 Å². The van der Waals surface area contributed by atoms with E-state index in [0.29, 0.717) is 23.7 Å². The summed E-state index contributed by atoms with van der Waals surface area (Å²) in [5.74, 6) is -0.537. The monoisotopic (exact) mass is 381 g/mol. The fraction of sp³-hybridized carbons (Fsp3) is 0.286. The van der Waals surface area contributed by atoms with Gasteiger partial charge in [0.05, 0.1) is 5.56 Å². The van der Waals surface area contributed by atoms with Crippen molar-refractivity contribution in [1.82, 2.24) is 10.6 Å². The number of hydrogen-bond acceptors (Lipinski definition) is 3. The number of nitrogens with one attached hydrogen (secondary N) is 3. The van der Waals surface area contributed by atoms with Crippen LogP contribution in [0.4, 0.5) is 10.5 Å². The van der Waals surface area contributed by atoms with E-state index in [-0.39, 0.29) is 18.0 Å². The second-order valence-electron chi connectivity index (χ2n) is 6.99. The van der Waals surface area contributed by atoms with E-state index in [1.54, 1.807) is 30.3 Å². The van der Waals surface area contributed by atoms with Crippen LogP contribution in [0.3, 0.4) is 0 Å². The van der Waals surface area contributed by atoms with Crippen LogP contribution in [0.1, 0.15) is 44.7 Å². The first-order valence-electron chi connectivity index (χ1n) is 9.18. The highest BCUT2D eigenvalue weighted by Crippen LogP contribution is 2.27. The summed E-state index contributed by atoms with van der Waals surface area (Å²) in [5, 5.41) is 17.3. The molecule has 146 valence electrons. The van der Waals surface area contributed by atoms with E-state index >= 15 is 0 Å². The predicted molar refractivity (Wildman–Crippen MR) is 105 cm³/mol. The molecule has 3 amide bonds. The standard InChI is InChI=1S/C21H23N3O4/c1-13-2-7-17(19(25)22-11-14-3-4-14)10-18(13)24-21(28)23-12-15-5-8-16(9-6-15)20(26)27/h2,5-10,14H,3-4,11-12H2,1H3,(H,22,25)(H,26,27)(H2,23,24,28). The van der Waals surface area contributed by atoms with Crippen molar-refractivity contribution < 1.29 is 19.5 Å². The lowest BCUT2D eigenvalue weighted by Crippen LogP contribution is -2.29. The Bertz CT molecular complexity index is 889. The normalized spacial score (nSPS) is 12.9. The number of carbonyl (C=O) groups is 3. The molecule has 0 radical (unpaired) electrons. The predicted octanol–water partition coefficient (Wildman–Crippen LogP) is 3.15. The van der Waals surface area contributed by atoms with Crippen molar-refractivity contribution in [1.29, 1.82) is 0 Å². The molecule has 4 N–H and O–H groups in total. The van der Waals surface area contributed by atoms with Gasteiger partial charge >= 0.3 is 12.0 Å². The fourth-order valence-corrected chi connectivity index (χ4v) is 2.67. The van der Waals surface area contributed by atoms with Gasteiger partial charge in [-0.15, -0.1) is 0 Å². The molecular formula is C21H23N3O4. The average Bonchev–Trinajstić information content (AvgIpc) is 3.51. The Morgan fingerprint density at radius 3 is 2.32 bits per heavy atom. The van der Waals surface area contributed by atoms with Crippen LogP contribution in [-0.2, 0) is 6.54 Å². The zero-order chi connectivity index (χ0) is 20.1. The molecule has 0 aliphatic heterocycles. The molecule has 0 heterocycles. The van der Waals surface area contributed by atoms with Crippen molar-refractivity contribution in [3.63, 3.8) is 0 Å². The number of aryl methyl sites for hydroxylation is 1. The van der Waals surface area contributed by atoms with Gasteiger partial charge < -0.3 is 21.1 Å². The number of hydrogen-bond donors (Lipinski definition) is 4. The van der Waals surface area contributed by atoms with Gasteiger partial charge in [0, 0.05) is 24.3 Å². The highest BCUT2D eigenvalue weighted by Gasteiger charge is 2.22. The number of carboxylic acid groups (broad SMARTS) is 1. The molecule has 0 aromatic heterocycles. The van der Waals surface area contributed by atoms with Gasteiger partial charge in [-0.05, 0) is 61.1 Å². The number of urea groups is 1. The maximum Gasteiger partial charge on any atom is 0.335 e. The second kappa shape index (κ2) is 8.56. The Morgan fingerprint density at radius 1 is 1.00 bits per heavy atom. The first-order chi connectivity index (χ1) is 13.4. The Balaban J connectivity index is 1.55. The lowest BCUT2D eigenvalue weighted by Gasteiger charge is -2.12. The van der Waals surface area contributed by atoms with Gasteiger partial charge in [-0.3, -0.25) is 4.79 Å². The van der Waals surface area contributed by atoms with Crippen molar-refractivity contribution in [2.24, 2.45) is 5.92 Å². The molecule has 0 unspecified atom stereocenters. The topological polar surface area (TPSA) is 108 Å². The number of rotatable bonds is 7. The zero-order valence-electron chi connectivity index (χ0n) is 15.6. The van der Waals surface area contributed by atoms with E-state index in [0.717, 1.165) is 11.1 Å². The van der Waals surface area contributed by atoms with Gasteiger partial charge in [-0.1, -0.05) is 18.2 Å². The highest BCUT2D eigenvalue weighted by atomic mass is 16.4. The Labute approximate surface area is 163 Å². The second-order valence-corrected chi connectivity index (χ2v) is 6.99. The molecule has 2 aromatic carbocycles. The third kappa shape index (κ3) is 5.33.